The number of esters is 2. The highest BCUT2D eigenvalue weighted by Crippen LogP contribution is 2.32. The number of nitrogens with one attached hydrogen (secondary N) is 1. The quantitative estimate of drug-likeness (QED) is 0.00730. The first kappa shape index (κ1) is 96.9. The maximum absolute atomic E-state index is 12.8. The van der Waals surface area contributed by atoms with Crippen LogP contribution in [-0.4, -0.2) is 122 Å². The zero-order valence-electron chi connectivity index (χ0n) is 70.9. The highest BCUT2D eigenvalue weighted by atomic mass is 28.5. The Morgan fingerprint density at radius 2 is 0.607 bits per heavy atom. The second-order valence-electron chi connectivity index (χ2n) is 34.0. The van der Waals surface area contributed by atoms with Crippen molar-refractivity contribution in [2.75, 3.05) is 19.8 Å². The van der Waals surface area contributed by atoms with Gasteiger partial charge in [0.05, 0.1) is 19.8 Å². The molecule has 6 rings (SSSR count). The molecule has 16 nitrogen and oxygen atoms in total. The molecule has 26 heteroatoms. The summed E-state index contributed by atoms with van der Waals surface area (Å²) in [5.74, 6) is -1.61. The fraction of sp³-hybridized carbons (Fsp3) is 0.372. The Morgan fingerprint density at radius 3 is 0.884 bits per heavy atom. The van der Waals surface area contributed by atoms with E-state index in [4.69, 9.17) is 44.9 Å². The SMILES string of the molecule is C[Si](C)(C)O[Si](C)(CCCNC(=O)/C(C#N)=C/C=C(c1ccccc1)c1ccccc1)O[Si](C)(C)C.C[Si](C)(C)O[Si](C)(CCCOC(=O)/C(C#N)=C\C=C(c1ccccc1)c1ccccc1)O[Si](C)(C)C.[C-]#[N+]/C(=C\C=C(c1ccccc1)c1ccccc1)C(=O)OCCC[Si](C)(O[Si](C)(C)C)O[Si](C)(C)O[Si](C)(C)C. The van der Waals surface area contributed by atoms with E-state index in [2.05, 4.69) is 167 Å². The third-order valence-corrected chi connectivity index (χ3v) is 48.3. The van der Waals surface area contributed by atoms with Gasteiger partial charge in [-0.05, 0) is 256 Å². The highest BCUT2D eigenvalue weighted by molar-refractivity contribution is 6.90. The maximum Gasteiger partial charge on any atom is 0.348 e. The average molecular weight is 1690 g/mol. The fourth-order valence-corrected chi connectivity index (χ4v) is 55.6. The minimum absolute atomic E-state index is 0.0314. The lowest BCUT2D eigenvalue weighted by atomic mass is 9.97. The second kappa shape index (κ2) is 45.0. The molecule has 6 aromatic carbocycles. The molecule has 1 unspecified atom stereocenters. The lowest BCUT2D eigenvalue weighted by Gasteiger charge is -2.41. The van der Waals surface area contributed by atoms with Gasteiger partial charge in [0.15, 0.2) is 49.9 Å². The number of rotatable bonds is 38. The number of carbonyl (C=O) groups excluding carboxylic acids is 3. The Labute approximate surface area is 682 Å². The second-order valence-corrected chi connectivity index (χ2v) is 76.2. The molecule has 0 aliphatic carbocycles. The fourth-order valence-electron chi connectivity index (χ4n) is 12.6. The number of allylic oxidation sites excluding steroid dienone is 6. The van der Waals surface area contributed by atoms with Crippen molar-refractivity contribution in [3.05, 3.63) is 280 Å². The monoisotopic (exact) mass is 1680 g/mol. The van der Waals surface area contributed by atoms with Crippen molar-refractivity contribution in [1.82, 2.24) is 5.32 Å². The molecule has 0 heterocycles. The number of ether oxygens (including phenoxy) is 2. The molecule has 0 aliphatic heterocycles. The number of hydrogen-bond donors (Lipinski definition) is 1. The van der Waals surface area contributed by atoms with E-state index in [0.29, 0.717) is 25.4 Å². The van der Waals surface area contributed by atoms with Crippen LogP contribution in [0.2, 0.25) is 169 Å². The average Bonchev–Trinajstić information content (AvgIpc) is 0.818. The van der Waals surface area contributed by atoms with Crippen LogP contribution in [0, 0.1) is 29.2 Å². The van der Waals surface area contributed by atoms with E-state index in [1.165, 1.54) is 0 Å². The molecule has 0 bridgehead atoms. The zero-order chi connectivity index (χ0) is 83.7. The summed E-state index contributed by atoms with van der Waals surface area (Å²) >= 11 is 0. The van der Waals surface area contributed by atoms with Crippen LogP contribution in [0.3, 0.4) is 0 Å². The molecule has 600 valence electrons. The van der Waals surface area contributed by atoms with Crippen LogP contribution in [0.5, 0.6) is 0 Å². The smallest absolute Gasteiger partial charge is 0.348 e. The van der Waals surface area contributed by atoms with Gasteiger partial charge in [-0.15, -0.1) is 0 Å². The largest absolute Gasteiger partial charge is 0.471 e. The van der Waals surface area contributed by atoms with Gasteiger partial charge in [-0.2, -0.15) is 10.5 Å². The van der Waals surface area contributed by atoms with E-state index in [9.17, 15) is 24.9 Å². The molecule has 0 spiro atoms. The summed E-state index contributed by atoms with van der Waals surface area (Å²) in [4.78, 5) is 41.7. The van der Waals surface area contributed by atoms with Gasteiger partial charge in [-0.1, -0.05) is 200 Å². The first-order valence-corrected chi connectivity index (χ1v) is 69.3. The molecular weight excluding hydrogens is 1560 g/mol. The summed E-state index contributed by atoms with van der Waals surface area (Å²) in [7, 11) is -20.5. The van der Waals surface area contributed by atoms with E-state index in [0.717, 1.165) is 68.6 Å². The van der Waals surface area contributed by atoms with E-state index < -0.39 is 96.1 Å². The van der Waals surface area contributed by atoms with Crippen LogP contribution in [0.15, 0.2) is 235 Å². The van der Waals surface area contributed by atoms with Gasteiger partial charge >= 0.3 is 46.2 Å². The van der Waals surface area contributed by atoms with Crippen molar-refractivity contribution in [2.24, 2.45) is 0 Å². The predicted octanol–water partition coefficient (Wildman–Crippen LogP) is 22.5. The normalized spacial score (nSPS) is 13.1. The van der Waals surface area contributed by atoms with Crippen molar-refractivity contribution >= 4 is 119 Å². The minimum atomic E-state index is -2.59. The summed E-state index contributed by atoms with van der Waals surface area (Å²) in [6, 6.07) is 65.8. The Bertz CT molecular complexity index is 3940. The summed E-state index contributed by atoms with van der Waals surface area (Å²) in [5, 5.41) is 22.2. The summed E-state index contributed by atoms with van der Waals surface area (Å²) < 4.78 is 56.8. The lowest BCUT2D eigenvalue weighted by molar-refractivity contribution is -0.139. The Balaban J connectivity index is 0.000000355. The van der Waals surface area contributed by atoms with Gasteiger partial charge in [0.25, 0.3) is 11.6 Å². The number of nitriles is 2. The van der Waals surface area contributed by atoms with E-state index >= 15 is 0 Å². The number of nitrogens with zero attached hydrogens (tertiary/aromatic N) is 3. The van der Waals surface area contributed by atoms with Crippen LogP contribution in [0.4, 0.5) is 0 Å². The number of amides is 1. The van der Waals surface area contributed by atoms with E-state index in [1.54, 1.807) is 24.3 Å². The zero-order valence-corrected chi connectivity index (χ0v) is 80.9. The van der Waals surface area contributed by atoms with Crippen molar-refractivity contribution in [3.63, 3.8) is 0 Å². The topological polar surface area (TPSA) is 198 Å². The predicted molar refractivity (Wildman–Crippen MR) is 485 cm³/mol. The first-order valence-electron chi connectivity index (χ1n) is 38.5. The van der Waals surface area contributed by atoms with Crippen molar-refractivity contribution in [3.8, 4) is 12.1 Å². The van der Waals surface area contributed by atoms with Crippen LogP contribution >= 0.6 is 0 Å². The first-order chi connectivity index (χ1) is 52.2. The molecule has 0 saturated carbocycles. The molecule has 0 saturated heterocycles. The van der Waals surface area contributed by atoms with Gasteiger partial charge in [-0.3, -0.25) is 9.59 Å². The Kier molecular flexibility index (Phi) is 38.9. The Hall–Kier alpha value is -7.47. The maximum atomic E-state index is 12.8. The number of hydrogen-bond acceptors (Lipinski definition) is 14. The van der Waals surface area contributed by atoms with Crippen LogP contribution in [0.25, 0.3) is 21.6 Å². The molecule has 0 radical (unpaired) electrons. The van der Waals surface area contributed by atoms with Gasteiger partial charge < -0.3 is 43.6 Å². The van der Waals surface area contributed by atoms with E-state index in [-0.39, 0.29) is 36.0 Å². The van der Waals surface area contributed by atoms with E-state index in [1.807, 2.05) is 200 Å². The molecule has 1 amide bonds. The summed E-state index contributed by atoms with van der Waals surface area (Å²) in [5.41, 5.74) is 8.82. The molecule has 1 N–H and O–H groups in total. The third-order valence-electron chi connectivity index (χ3n) is 15.5. The van der Waals surface area contributed by atoms with Crippen molar-refractivity contribution < 1.29 is 52.7 Å². The highest BCUT2D eigenvalue weighted by Gasteiger charge is 2.45. The molecule has 0 aliphatic rings. The van der Waals surface area contributed by atoms with Gasteiger partial charge in [0.2, 0.25) is 0 Å². The molecule has 0 fully saturated rings. The van der Waals surface area contributed by atoms with Crippen molar-refractivity contribution in [1.29, 1.82) is 10.5 Å². The molecule has 1 atom stereocenters. The molecule has 112 heavy (non-hydrogen) atoms. The molecular formula is C86H124N4O12Si10. The van der Waals surface area contributed by atoms with Gasteiger partial charge in [0.1, 0.15) is 23.3 Å². The summed E-state index contributed by atoms with van der Waals surface area (Å²) in [6.45, 7) is 58.1. The molecule has 0 aromatic heterocycles. The molecule has 6 aromatic rings. The van der Waals surface area contributed by atoms with Gasteiger partial charge in [0, 0.05) is 6.54 Å². The summed E-state index contributed by atoms with van der Waals surface area (Å²) in [6.07, 6.45) is 12.1. The minimum Gasteiger partial charge on any atom is -0.471 e. The van der Waals surface area contributed by atoms with Gasteiger partial charge in [-0.25, -0.2) is 9.64 Å². The number of benzene rings is 6. The van der Waals surface area contributed by atoms with Crippen LogP contribution in [-0.2, 0) is 52.7 Å². The number of carbonyl (C=O) groups is 3. The third kappa shape index (κ3) is 39.5. The van der Waals surface area contributed by atoms with Crippen LogP contribution in [0.1, 0.15) is 52.6 Å². The Morgan fingerprint density at radius 1 is 0.348 bits per heavy atom. The standard InChI is InChI=1S/C30H45NO5Si4.C28H40N2O3Si3.C28H39NO4Si3/c1-31-29(23-22-28(26-18-13-11-14-19-26)27-20-15-12-16-21-27)30(32)33-24-17-25-40(10,35-38(5,6)7)36-39(8,9)34-37(2,3)4;1-34(2,3)32-36(7,33-35(4,5)6)22-14-21-30-28(31)26(23-29)19-20-27(24-15-10-8-11-16-24)25-17-12-9-13-18-25;1-34(2,3)32-36(7,33-35(4,5)6)22-14-21-31-28(30)26(23-29)19-20-27(24-15-10-8-11-16-24)25-17-12-9-13-18-25/h11-16,18-23H,17,24-25H2,2-10H3;8-13,15-20H,14,21-22H2,1-7H3,(H,30,31);8-13,15-20H,14,21-22H2,1-7H3/b29-23-;26-19+;26-19-. The van der Waals surface area contributed by atoms with Crippen LogP contribution < -0.4 is 5.32 Å². The van der Waals surface area contributed by atoms with Crippen molar-refractivity contribution in [2.45, 2.75) is 188 Å². The lowest BCUT2D eigenvalue weighted by Crippen LogP contribution is -2.56.